The Balaban J connectivity index is 0.000000479. The molecule has 37 heavy (non-hydrogen) atoms. The summed E-state index contributed by atoms with van der Waals surface area (Å²) >= 11 is 0. The normalized spacial score (nSPS) is 11.8. The zero-order chi connectivity index (χ0) is 24.9. The van der Waals surface area contributed by atoms with Crippen LogP contribution < -0.4 is 15.9 Å². The van der Waals surface area contributed by atoms with Crippen LogP contribution in [0.25, 0.3) is 21.5 Å². The van der Waals surface area contributed by atoms with Crippen molar-refractivity contribution in [2.75, 3.05) is 14.1 Å². The van der Waals surface area contributed by atoms with Gasteiger partial charge in [-0.05, 0) is 72.3 Å². The van der Waals surface area contributed by atoms with E-state index < -0.39 is 7.92 Å². The van der Waals surface area contributed by atoms with Crippen LogP contribution in [0.15, 0.2) is 133 Å². The third-order valence-electron chi connectivity index (χ3n) is 6.83. The molecule has 0 saturated carbocycles. The molecule has 3 heteroatoms. The fourth-order valence-corrected chi connectivity index (χ4v) is 7.23. The van der Waals surface area contributed by atoms with Crippen molar-refractivity contribution in [1.29, 1.82) is 0 Å². The van der Waals surface area contributed by atoms with Crippen LogP contribution in [0.2, 0.25) is 0 Å². The minimum Gasteiger partial charge on any atom is -0.748 e. The smallest absolute Gasteiger partial charge is 0 e. The average molecular weight is 541 g/mol. The van der Waals surface area contributed by atoms with Gasteiger partial charge in [-0.15, -0.1) is 10.9 Å². The molecule has 0 aliphatic carbocycles. The summed E-state index contributed by atoms with van der Waals surface area (Å²) in [7, 11) is 3.66. The maximum atomic E-state index is 2.40. The van der Waals surface area contributed by atoms with Crippen molar-refractivity contribution in [2.45, 2.75) is 13.0 Å². The number of fused-ring (bicyclic) bond motifs is 2. The molecule has 6 aromatic carbocycles. The Labute approximate surface area is 232 Å². The van der Waals surface area contributed by atoms with Crippen LogP contribution >= 0.6 is 7.92 Å². The van der Waals surface area contributed by atoms with Crippen molar-refractivity contribution < 1.29 is 17.1 Å². The Morgan fingerprint density at radius 1 is 0.622 bits per heavy atom. The summed E-state index contributed by atoms with van der Waals surface area (Å²) in [5, 5.41) is 9.48. The van der Waals surface area contributed by atoms with Crippen molar-refractivity contribution in [3.05, 3.63) is 139 Å². The predicted molar refractivity (Wildman–Crippen MR) is 160 cm³/mol. The first-order chi connectivity index (χ1) is 17.6. The minimum atomic E-state index is -0.660. The molecule has 192 valence electrons. The standard InChI is InChI=1S/C29H27NP.C5H5.Fe/c1-21(30(2)3)28-13-8-14-29(28)31(26-17-15-22-9-4-6-11-24(22)19-26)27-18-16-23-10-5-7-12-25(23)20-27;1-2-4-5-3-1;/h4-21H,1-3H3;1-5H;/q-1;-5;. The van der Waals surface area contributed by atoms with Gasteiger partial charge in [0.15, 0.2) is 0 Å². The average Bonchev–Trinajstić information content (AvgIpc) is 3.64. The SMILES string of the molecule is CC([c-]1cccc1P(c1ccc2ccccc2c1)c1ccc2ccccc2c1)N(C)C.[Fe].[cH-]1[cH-][cH-][cH-][cH-]1. The van der Waals surface area contributed by atoms with Gasteiger partial charge < -0.3 is 35.2 Å². The van der Waals surface area contributed by atoms with E-state index in [0.717, 1.165) is 0 Å². The molecule has 0 fully saturated rings. The number of nitrogens with zero attached hydrogens (tertiary/aromatic N) is 1. The quantitative estimate of drug-likeness (QED) is 0.124. The van der Waals surface area contributed by atoms with Gasteiger partial charge in [-0.3, -0.25) is 0 Å². The molecule has 1 unspecified atom stereocenters. The van der Waals surface area contributed by atoms with Crippen molar-refractivity contribution in [1.82, 2.24) is 4.90 Å². The number of hydrogen-bond donors (Lipinski definition) is 0. The summed E-state index contributed by atoms with van der Waals surface area (Å²) in [5.41, 5.74) is 1.43. The monoisotopic (exact) mass is 541 g/mol. The molecule has 0 bridgehead atoms. The molecule has 0 heterocycles. The summed E-state index contributed by atoms with van der Waals surface area (Å²) < 4.78 is 0. The summed E-state index contributed by atoms with van der Waals surface area (Å²) in [6.45, 7) is 2.30. The summed E-state index contributed by atoms with van der Waals surface area (Å²) in [5.74, 6) is 0. The number of hydrogen-bond acceptors (Lipinski definition) is 1. The first-order valence-electron chi connectivity index (χ1n) is 12.5. The number of benzene rings is 4. The molecule has 0 radical (unpaired) electrons. The van der Waals surface area contributed by atoms with Crippen LogP contribution in [0.3, 0.4) is 0 Å². The Hall–Kier alpha value is -2.99. The van der Waals surface area contributed by atoms with Crippen molar-refractivity contribution in [3.8, 4) is 0 Å². The first kappa shape index (κ1) is 27.1. The van der Waals surface area contributed by atoms with Crippen LogP contribution in [-0.4, -0.2) is 19.0 Å². The van der Waals surface area contributed by atoms with Crippen LogP contribution in [0.1, 0.15) is 18.5 Å². The van der Waals surface area contributed by atoms with Crippen LogP contribution in [0.5, 0.6) is 0 Å². The molecule has 0 aliphatic heterocycles. The molecule has 6 rings (SSSR count). The summed E-state index contributed by atoms with van der Waals surface area (Å²) in [4.78, 5) is 2.30. The zero-order valence-corrected chi connectivity index (χ0v) is 23.5. The second-order valence-corrected chi connectivity index (χ2v) is 11.6. The molecule has 0 aliphatic rings. The van der Waals surface area contributed by atoms with Crippen molar-refractivity contribution in [3.63, 3.8) is 0 Å². The van der Waals surface area contributed by atoms with E-state index in [2.05, 4.69) is 129 Å². The molecule has 0 spiro atoms. The van der Waals surface area contributed by atoms with Gasteiger partial charge in [0, 0.05) is 17.1 Å². The van der Waals surface area contributed by atoms with E-state index in [1.54, 1.807) is 0 Å². The third-order valence-corrected chi connectivity index (χ3v) is 9.31. The Kier molecular flexibility index (Phi) is 9.14. The predicted octanol–water partition coefficient (Wildman–Crippen LogP) is 7.50. The van der Waals surface area contributed by atoms with Crippen molar-refractivity contribution >= 4 is 45.4 Å². The first-order valence-corrected chi connectivity index (χ1v) is 13.8. The van der Waals surface area contributed by atoms with E-state index in [1.807, 2.05) is 30.3 Å². The molecule has 0 N–H and O–H groups in total. The fourth-order valence-electron chi connectivity index (χ4n) is 4.64. The van der Waals surface area contributed by atoms with Gasteiger partial charge in [-0.2, -0.15) is 6.07 Å². The Bertz CT molecular complexity index is 1450. The van der Waals surface area contributed by atoms with E-state index in [1.165, 1.54) is 43.0 Å². The van der Waals surface area contributed by atoms with Gasteiger partial charge in [0.1, 0.15) is 0 Å². The molecular weight excluding hydrogens is 509 g/mol. The van der Waals surface area contributed by atoms with E-state index in [9.17, 15) is 0 Å². The van der Waals surface area contributed by atoms with Gasteiger partial charge in [-0.25, -0.2) is 12.1 Å². The van der Waals surface area contributed by atoms with Gasteiger partial charge in [-0.1, -0.05) is 79.7 Å². The summed E-state index contributed by atoms with van der Waals surface area (Å²) in [6, 6.07) is 48.6. The van der Waals surface area contributed by atoms with Gasteiger partial charge in [0.2, 0.25) is 0 Å². The second-order valence-electron chi connectivity index (χ2n) is 9.37. The molecule has 0 saturated heterocycles. The largest absolute Gasteiger partial charge is 0.748 e. The van der Waals surface area contributed by atoms with E-state index >= 15 is 0 Å². The van der Waals surface area contributed by atoms with Crippen LogP contribution in [0.4, 0.5) is 0 Å². The Morgan fingerprint density at radius 3 is 1.54 bits per heavy atom. The van der Waals surface area contributed by atoms with E-state index in [-0.39, 0.29) is 17.1 Å². The molecule has 0 aromatic heterocycles. The van der Waals surface area contributed by atoms with E-state index in [4.69, 9.17) is 0 Å². The number of rotatable bonds is 5. The second kappa shape index (κ2) is 12.5. The molecule has 6 aromatic rings. The third kappa shape index (κ3) is 6.12. The van der Waals surface area contributed by atoms with Crippen molar-refractivity contribution in [2.24, 2.45) is 0 Å². The van der Waals surface area contributed by atoms with Crippen LogP contribution in [0, 0.1) is 0 Å². The topological polar surface area (TPSA) is 3.24 Å². The maximum Gasteiger partial charge on any atom is 0 e. The zero-order valence-electron chi connectivity index (χ0n) is 21.5. The van der Waals surface area contributed by atoms with Gasteiger partial charge >= 0.3 is 0 Å². The molecule has 0 amide bonds. The minimum absolute atomic E-state index is 0. The fraction of sp³-hybridized carbons (Fsp3) is 0.118. The molecule has 1 atom stereocenters. The van der Waals surface area contributed by atoms with Crippen LogP contribution in [-0.2, 0) is 17.1 Å². The van der Waals surface area contributed by atoms with E-state index in [0.29, 0.717) is 6.04 Å². The molecular formula is C34H32FeNP-6. The maximum absolute atomic E-state index is 2.40. The molecule has 1 nitrogen and oxygen atoms in total. The van der Waals surface area contributed by atoms with Gasteiger partial charge in [0.05, 0.1) is 0 Å². The Morgan fingerprint density at radius 2 is 1.08 bits per heavy atom. The van der Waals surface area contributed by atoms with Gasteiger partial charge in [0.25, 0.3) is 0 Å². The summed E-state index contributed by atoms with van der Waals surface area (Å²) in [6.07, 6.45) is 0.